The number of amides is 1. The second-order valence-corrected chi connectivity index (χ2v) is 6.15. The predicted octanol–water partition coefficient (Wildman–Crippen LogP) is 2.74. The Labute approximate surface area is 145 Å². The van der Waals surface area contributed by atoms with Crippen molar-refractivity contribution in [2.24, 2.45) is 5.92 Å². The zero-order valence-electron chi connectivity index (χ0n) is 13.9. The molecule has 1 amide bonds. The van der Waals surface area contributed by atoms with Crippen LogP contribution in [0.2, 0.25) is 0 Å². The van der Waals surface area contributed by atoms with Crippen LogP contribution in [0.15, 0.2) is 42.7 Å². The molecule has 0 aliphatic heterocycles. The SMILES string of the molecule is COc1ccc(-c2cncc(C(=O)N[C@@H]3CCC[C@@H]3C(=O)O)c2)cc1. The molecule has 0 unspecified atom stereocenters. The molecule has 0 spiro atoms. The Bertz CT molecular complexity index is 773. The van der Waals surface area contributed by atoms with Crippen LogP contribution in [0, 0.1) is 5.92 Å². The van der Waals surface area contributed by atoms with Gasteiger partial charge >= 0.3 is 5.97 Å². The van der Waals surface area contributed by atoms with Gasteiger partial charge in [0.15, 0.2) is 0 Å². The number of nitrogens with zero attached hydrogens (tertiary/aromatic N) is 1. The van der Waals surface area contributed by atoms with Gasteiger partial charge in [0.2, 0.25) is 0 Å². The first-order valence-corrected chi connectivity index (χ1v) is 8.21. The number of aliphatic carboxylic acids is 1. The Kier molecular flexibility index (Phi) is 4.97. The van der Waals surface area contributed by atoms with Crippen LogP contribution in [-0.2, 0) is 4.79 Å². The predicted molar refractivity (Wildman–Crippen MR) is 92.5 cm³/mol. The van der Waals surface area contributed by atoms with Gasteiger partial charge < -0.3 is 15.2 Å². The number of ether oxygens (including phenoxy) is 1. The van der Waals surface area contributed by atoms with Gasteiger partial charge in [0.1, 0.15) is 5.75 Å². The van der Waals surface area contributed by atoms with Crippen LogP contribution in [0.3, 0.4) is 0 Å². The lowest BCUT2D eigenvalue weighted by Gasteiger charge is -2.17. The zero-order valence-corrected chi connectivity index (χ0v) is 13.9. The van der Waals surface area contributed by atoms with E-state index in [2.05, 4.69) is 10.3 Å². The molecule has 6 heteroatoms. The van der Waals surface area contributed by atoms with Crippen LogP contribution >= 0.6 is 0 Å². The Hall–Kier alpha value is -2.89. The maximum atomic E-state index is 12.5. The number of carboxylic acids is 1. The molecule has 0 bridgehead atoms. The number of carbonyl (C=O) groups is 2. The van der Waals surface area contributed by atoms with Crippen molar-refractivity contribution in [1.29, 1.82) is 0 Å². The summed E-state index contributed by atoms with van der Waals surface area (Å²) in [6, 6.07) is 8.92. The molecule has 1 aliphatic rings. The fourth-order valence-corrected chi connectivity index (χ4v) is 3.19. The summed E-state index contributed by atoms with van der Waals surface area (Å²) in [7, 11) is 1.61. The van der Waals surface area contributed by atoms with Gasteiger partial charge in [-0.15, -0.1) is 0 Å². The molecule has 130 valence electrons. The first kappa shape index (κ1) is 17.0. The van der Waals surface area contributed by atoms with Crippen LogP contribution in [-0.4, -0.2) is 35.1 Å². The molecule has 1 aromatic heterocycles. The summed E-state index contributed by atoms with van der Waals surface area (Å²) in [6.45, 7) is 0. The van der Waals surface area contributed by atoms with Crippen LogP contribution < -0.4 is 10.1 Å². The van der Waals surface area contributed by atoms with E-state index in [-0.39, 0.29) is 11.9 Å². The fourth-order valence-electron chi connectivity index (χ4n) is 3.19. The van der Waals surface area contributed by atoms with Gasteiger partial charge in [-0.05, 0) is 36.6 Å². The molecule has 2 aromatic rings. The van der Waals surface area contributed by atoms with Gasteiger partial charge in [0.05, 0.1) is 18.6 Å². The molecular weight excluding hydrogens is 320 g/mol. The molecule has 0 saturated heterocycles. The van der Waals surface area contributed by atoms with Gasteiger partial charge in [-0.1, -0.05) is 18.6 Å². The van der Waals surface area contributed by atoms with Crippen LogP contribution in [0.25, 0.3) is 11.1 Å². The number of aromatic nitrogens is 1. The van der Waals surface area contributed by atoms with Gasteiger partial charge in [0.25, 0.3) is 5.91 Å². The molecule has 2 N–H and O–H groups in total. The summed E-state index contributed by atoms with van der Waals surface area (Å²) in [5, 5.41) is 12.1. The Morgan fingerprint density at radius 3 is 2.60 bits per heavy atom. The highest BCUT2D eigenvalue weighted by molar-refractivity contribution is 5.95. The molecule has 0 radical (unpaired) electrons. The molecule has 1 saturated carbocycles. The number of nitrogens with one attached hydrogen (secondary N) is 1. The summed E-state index contributed by atoms with van der Waals surface area (Å²) in [6.07, 6.45) is 5.28. The highest BCUT2D eigenvalue weighted by atomic mass is 16.5. The van der Waals surface area contributed by atoms with E-state index in [1.807, 2.05) is 24.3 Å². The third-order valence-corrected chi connectivity index (χ3v) is 4.57. The van der Waals surface area contributed by atoms with E-state index in [1.165, 1.54) is 6.20 Å². The maximum absolute atomic E-state index is 12.5. The standard InChI is InChI=1S/C19H20N2O4/c1-25-15-7-5-12(6-8-15)13-9-14(11-20-10-13)18(22)21-17-4-2-3-16(17)19(23)24/h5-11,16-17H,2-4H2,1H3,(H,21,22)(H,23,24)/t16-,17+/m0/s1. The molecule has 3 rings (SSSR count). The van der Waals surface area contributed by atoms with E-state index < -0.39 is 11.9 Å². The lowest BCUT2D eigenvalue weighted by molar-refractivity contribution is -0.142. The average Bonchev–Trinajstić information content (AvgIpc) is 3.10. The van der Waals surface area contributed by atoms with E-state index in [0.717, 1.165) is 23.3 Å². The van der Waals surface area contributed by atoms with Gasteiger partial charge in [0, 0.05) is 24.0 Å². The lowest BCUT2D eigenvalue weighted by atomic mass is 10.0. The monoisotopic (exact) mass is 340 g/mol. The Morgan fingerprint density at radius 1 is 1.16 bits per heavy atom. The van der Waals surface area contributed by atoms with Crippen molar-refractivity contribution < 1.29 is 19.4 Å². The molecular formula is C19H20N2O4. The minimum Gasteiger partial charge on any atom is -0.497 e. The van der Waals surface area contributed by atoms with E-state index in [4.69, 9.17) is 4.74 Å². The zero-order chi connectivity index (χ0) is 17.8. The molecule has 1 aromatic carbocycles. The molecule has 1 heterocycles. The van der Waals surface area contributed by atoms with Crippen LogP contribution in [0.1, 0.15) is 29.6 Å². The van der Waals surface area contributed by atoms with E-state index in [1.54, 1.807) is 19.4 Å². The molecule has 1 fully saturated rings. The number of rotatable bonds is 5. The third-order valence-electron chi connectivity index (χ3n) is 4.57. The number of pyridine rings is 1. The summed E-state index contributed by atoms with van der Waals surface area (Å²) in [5.74, 6) is -0.901. The Morgan fingerprint density at radius 2 is 1.92 bits per heavy atom. The highest BCUT2D eigenvalue weighted by Crippen LogP contribution is 2.27. The highest BCUT2D eigenvalue weighted by Gasteiger charge is 2.34. The number of hydrogen-bond acceptors (Lipinski definition) is 4. The van der Waals surface area contributed by atoms with Crippen molar-refractivity contribution in [2.75, 3.05) is 7.11 Å². The smallest absolute Gasteiger partial charge is 0.308 e. The fraction of sp³-hybridized carbons (Fsp3) is 0.316. The topological polar surface area (TPSA) is 88.5 Å². The summed E-state index contributed by atoms with van der Waals surface area (Å²) in [5.41, 5.74) is 2.16. The first-order chi connectivity index (χ1) is 12.1. The number of benzene rings is 1. The first-order valence-electron chi connectivity index (χ1n) is 8.21. The van der Waals surface area contributed by atoms with Crippen LogP contribution in [0.5, 0.6) is 5.75 Å². The molecule has 2 atom stereocenters. The summed E-state index contributed by atoms with van der Waals surface area (Å²) >= 11 is 0. The number of methoxy groups -OCH3 is 1. The summed E-state index contributed by atoms with van der Waals surface area (Å²) < 4.78 is 5.14. The van der Waals surface area contributed by atoms with Crippen molar-refractivity contribution in [3.63, 3.8) is 0 Å². The van der Waals surface area contributed by atoms with Crippen molar-refractivity contribution in [3.8, 4) is 16.9 Å². The number of hydrogen-bond donors (Lipinski definition) is 2. The second kappa shape index (κ2) is 7.34. The Balaban J connectivity index is 1.76. The lowest BCUT2D eigenvalue weighted by Crippen LogP contribution is -2.40. The van der Waals surface area contributed by atoms with Crippen molar-refractivity contribution in [1.82, 2.24) is 10.3 Å². The number of carbonyl (C=O) groups excluding carboxylic acids is 1. The van der Waals surface area contributed by atoms with E-state index in [9.17, 15) is 14.7 Å². The van der Waals surface area contributed by atoms with E-state index >= 15 is 0 Å². The normalized spacial score (nSPS) is 19.4. The van der Waals surface area contributed by atoms with E-state index in [0.29, 0.717) is 18.4 Å². The maximum Gasteiger partial charge on any atom is 0.308 e. The minimum absolute atomic E-state index is 0.291. The third kappa shape index (κ3) is 3.79. The quantitative estimate of drug-likeness (QED) is 0.874. The minimum atomic E-state index is -0.854. The van der Waals surface area contributed by atoms with Gasteiger partial charge in [-0.2, -0.15) is 0 Å². The van der Waals surface area contributed by atoms with Crippen LogP contribution in [0.4, 0.5) is 0 Å². The molecule has 1 aliphatic carbocycles. The molecule has 6 nitrogen and oxygen atoms in total. The van der Waals surface area contributed by atoms with Gasteiger partial charge in [-0.3, -0.25) is 14.6 Å². The van der Waals surface area contributed by atoms with Crippen molar-refractivity contribution in [2.45, 2.75) is 25.3 Å². The van der Waals surface area contributed by atoms with Gasteiger partial charge in [-0.25, -0.2) is 0 Å². The number of carboxylic acid groups (broad SMARTS) is 1. The summed E-state index contributed by atoms with van der Waals surface area (Å²) in [4.78, 5) is 27.9. The van der Waals surface area contributed by atoms with Crippen molar-refractivity contribution in [3.05, 3.63) is 48.3 Å². The molecule has 25 heavy (non-hydrogen) atoms. The average molecular weight is 340 g/mol. The van der Waals surface area contributed by atoms with Crippen molar-refractivity contribution >= 4 is 11.9 Å². The second-order valence-electron chi connectivity index (χ2n) is 6.15. The largest absolute Gasteiger partial charge is 0.497 e.